The molecule has 0 bridgehead atoms. The van der Waals surface area contributed by atoms with Gasteiger partial charge in [0.2, 0.25) is 0 Å². The Morgan fingerprint density at radius 3 is 2.83 bits per heavy atom. The highest BCUT2D eigenvalue weighted by Gasteiger charge is 2.32. The first-order valence-electron chi connectivity index (χ1n) is 11.6. The van der Waals surface area contributed by atoms with Crippen LogP contribution in [-0.2, 0) is 6.54 Å². The molecule has 0 atom stereocenters. The molecule has 35 heavy (non-hydrogen) atoms. The monoisotopic (exact) mass is 469 g/mol. The van der Waals surface area contributed by atoms with E-state index in [0.29, 0.717) is 29.1 Å². The van der Waals surface area contributed by atoms with Gasteiger partial charge in [-0.3, -0.25) is 14.7 Å². The lowest BCUT2D eigenvalue weighted by atomic mass is 9.94. The number of nitrogens with one attached hydrogen (secondary N) is 2. The van der Waals surface area contributed by atoms with Crippen molar-refractivity contribution in [3.05, 3.63) is 59.3 Å². The molecular formula is C26H27N7O2. The maximum absolute atomic E-state index is 13.1. The number of nitrogens with two attached hydrogens (primary N) is 1. The van der Waals surface area contributed by atoms with E-state index >= 15 is 0 Å². The van der Waals surface area contributed by atoms with E-state index in [-0.39, 0.29) is 24.4 Å². The summed E-state index contributed by atoms with van der Waals surface area (Å²) in [4.78, 5) is 29.9. The van der Waals surface area contributed by atoms with Crippen LogP contribution in [0.4, 0.5) is 5.69 Å². The van der Waals surface area contributed by atoms with Gasteiger partial charge < -0.3 is 20.9 Å². The first-order valence-corrected chi connectivity index (χ1v) is 11.6. The molecular weight excluding hydrogens is 442 g/mol. The maximum Gasteiger partial charge on any atom is 0.272 e. The van der Waals surface area contributed by atoms with Crippen molar-refractivity contribution >= 4 is 28.4 Å². The van der Waals surface area contributed by atoms with Crippen LogP contribution in [0.1, 0.15) is 39.3 Å². The number of carbonyl (C=O) groups is 2. The molecule has 0 spiro atoms. The number of nitrogen functional groups attached to an aromatic ring is 1. The van der Waals surface area contributed by atoms with E-state index in [9.17, 15) is 9.59 Å². The smallest absolute Gasteiger partial charge is 0.272 e. The predicted octanol–water partition coefficient (Wildman–Crippen LogP) is 2.67. The third-order valence-corrected chi connectivity index (χ3v) is 6.88. The first-order chi connectivity index (χ1) is 16.9. The van der Waals surface area contributed by atoms with E-state index in [1.807, 2.05) is 30.3 Å². The Morgan fingerprint density at radius 2 is 2.09 bits per heavy atom. The second kappa shape index (κ2) is 8.89. The van der Waals surface area contributed by atoms with Gasteiger partial charge in [0, 0.05) is 29.2 Å². The van der Waals surface area contributed by atoms with Crippen molar-refractivity contribution in [3.8, 4) is 17.2 Å². The molecule has 2 aliphatic rings. The van der Waals surface area contributed by atoms with Crippen LogP contribution in [0, 0.1) is 11.3 Å². The topological polar surface area (TPSA) is 131 Å². The number of likely N-dealkylation sites (tertiary alicyclic amines) is 1. The van der Waals surface area contributed by atoms with E-state index in [4.69, 9.17) is 11.0 Å². The number of nitrogens with zero attached hydrogens (tertiary/aromatic N) is 4. The zero-order valence-electron chi connectivity index (χ0n) is 19.6. The minimum atomic E-state index is -0.210. The lowest BCUT2D eigenvalue weighted by molar-refractivity contribution is 0.0794. The molecule has 0 radical (unpaired) electrons. The number of benzene rings is 2. The zero-order chi connectivity index (χ0) is 24.7. The van der Waals surface area contributed by atoms with Gasteiger partial charge in [0.05, 0.1) is 23.7 Å². The summed E-state index contributed by atoms with van der Waals surface area (Å²) in [5, 5.41) is 20.2. The lowest BCUT2D eigenvalue weighted by Crippen LogP contribution is -2.43. The fraction of sp³-hybridized carbons (Fsp3) is 0.308. The summed E-state index contributed by atoms with van der Waals surface area (Å²) in [7, 11) is 2.08. The molecule has 3 aromatic rings. The number of rotatable bonds is 5. The fourth-order valence-corrected chi connectivity index (χ4v) is 4.93. The first kappa shape index (κ1) is 22.6. The third-order valence-electron chi connectivity index (χ3n) is 6.88. The van der Waals surface area contributed by atoms with Crippen molar-refractivity contribution < 1.29 is 9.59 Å². The average Bonchev–Trinajstić information content (AvgIpc) is 3.42. The Kier molecular flexibility index (Phi) is 5.75. The molecule has 178 valence electrons. The Labute approximate surface area is 203 Å². The molecule has 1 aromatic heterocycles. The van der Waals surface area contributed by atoms with Gasteiger partial charge in [-0.2, -0.15) is 10.4 Å². The quantitative estimate of drug-likeness (QED) is 0.389. The minimum absolute atomic E-state index is 0.133. The Hall–Kier alpha value is -4.16. The SMILES string of the molecule is C=C(C#N)CN1Cc2c(-c3ccc4[nH]nc(C(=O)NC5CCN(C)CC5)c4c3)ccc(N)c2C1=O. The molecule has 0 aliphatic carbocycles. The van der Waals surface area contributed by atoms with Crippen molar-refractivity contribution in [2.45, 2.75) is 25.4 Å². The molecule has 3 heterocycles. The van der Waals surface area contributed by atoms with Crippen molar-refractivity contribution in [1.82, 2.24) is 25.3 Å². The number of nitriles is 1. The molecule has 9 nitrogen and oxygen atoms in total. The maximum atomic E-state index is 13.1. The van der Waals surface area contributed by atoms with E-state index in [2.05, 4.69) is 34.0 Å². The normalized spacial score (nSPS) is 16.3. The van der Waals surface area contributed by atoms with Crippen LogP contribution in [0.25, 0.3) is 22.0 Å². The van der Waals surface area contributed by atoms with Crippen molar-refractivity contribution in [1.29, 1.82) is 5.26 Å². The molecule has 2 amide bonds. The van der Waals surface area contributed by atoms with Gasteiger partial charge in [-0.05, 0) is 67.9 Å². The number of carbonyl (C=O) groups excluding carboxylic acids is 2. The Morgan fingerprint density at radius 1 is 1.31 bits per heavy atom. The molecule has 2 aliphatic heterocycles. The Balaban J connectivity index is 1.47. The van der Waals surface area contributed by atoms with Crippen LogP contribution in [-0.4, -0.2) is 64.5 Å². The second-order valence-electron chi connectivity index (χ2n) is 9.32. The van der Waals surface area contributed by atoms with Crippen LogP contribution < -0.4 is 11.1 Å². The number of piperidine rings is 1. The molecule has 9 heteroatoms. The number of hydrogen-bond acceptors (Lipinski definition) is 6. The summed E-state index contributed by atoms with van der Waals surface area (Å²) in [5.41, 5.74) is 11.0. The summed E-state index contributed by atoms with van der Waals surface area (Å²) in [6, 6.07) is 11.5. The van der Waals surface area contributed by atoms with Gasteiger partial charge in [-0.25, -0.2) is 0 Å². The van der Waals surface area contributed by atoms with Gasteiger partial charge in [-0.15, -0.1) is 0 Å². The number of anilines is 1. The number of hydrogen-bond donors (Lipinski definition) is 3. The zero-order valence-corrected chi connectivity index (χ0v) is 19.6. The van der Waals surface area contributed by atoms with Crippen LogP contribution in [0.15, 0.2) is 42.5 Å². The van der Waals surface area contributed by atoms with E-state index in [1.54, 1.807) is 11.0 Å². The number of aromatic nitrogens is 2. The predicted molar refractivity (Wildman–Crippen MR) is 133 cm³/mol. The highest BCUT2D eigenvalue weighted by Crippen LogP contribution is 2.37. The van der Waals surface area contributed by atoms with Crippen molar-refractivity contribution in [3.63, 3.8) is 0 Å². The molecule has 0 unspecified atom stereocenters. The molecule has 1 fully saturated rings. The molecule has 5 rings (SSSR count). The number of amides is 2. The van der Waals surface area contributed by atoms with Crippen LogP contribution in [0.3, 0.4) is 0 Å². The van der Waals surface area contributed by atoms with Gasteiger partial charge in [0.25, 0.3) is 11.8 Å². The molecule has 2 aromatic carbocycles. The standard InChI is InChI=1S/C26H27N7O2/c1-15(12-27)13-33-14-20-18(4-5-21(28)23(20)26(33)35)16-3-6-22-19(11-16)24(31-30-22)25(34)29-17-7-9-32(2)10-8-17/h3-6,11,17H,1,7-10,13-14,28H2,2H3,(H,29,34)(H,30,31). The number of H-pyrrole nitrogens is 1. The second-order valence-corrected chi connectivity index (χ2v) is 9.32. The number of aromatic amines is 1. The van der Waals surface area contributed by atoms with Crippen molar-refractivity contribution in [2.75, 3.05) is 32.4 Å². The van der Waals surface area contributed by atoms with E-state index in [1.165, 1.54) is 0 Å². The molecule has 1 saturated heterocycles. The van der Waals surface area contributed by atoms with Crippen LogP contribution >= 0.6 is 0 Å². The van der Waals surface area contributed by atoms with Crippen molar-refractivity contribution in [2.24, 2.45) is 0 Å². The number of fused-ring (bicyclic) bond motifs is 2. The van der Waals surface area contributed by atoms with E-state index in [0.717, 1.165) is 53.5 Å². The summed E-state index contributed by atoms with van der Waals surface area (Å²) in [6.07, 6.45) is 1.83. The fourth-order valence-electron chi connectivity index (χ4n) is 4.93. The van der Waals surface area contributed by atoms with Gasteiger partial charge in [-0.1, -0.05) is 18.7 Å². The highest BCUT2D eigenvalue weighted by atomic mass is 16.2. The summed E-state index contributed by atoms with van der Waals surface area (Å²) < 4.78 is 0. The highest BCUT2D eigenvalue weighted by molar-refractivity contribution is 6.07. The summed E-state index contributed by atoms with van der Waals surface area (Å²) in [5.74, 6) is -0.403. The molecule has 0 saturated carbocycles. The van der Waals surface area contributed by atoms with Crippen LogP contribution in [0.2, 0.25) is 0 Å². The third kappa shape index (κ3) is 4.13. The largest absolute Gasteiger partial charge is 0.398 e. The minimum Gasteiger partial charge on any atom is -0.398 e. The van der Waals surface area contributed by atoms with Gasteiger partial charge in [0.1, 0.15) is 0 Å². The summed E-state index contributed by atoms with van der Waals surface area (Å²) in [6.45, 7) is 6.10. The van der Waals surface area contributed by atoms with Crippen LogP contribution in [0.5, 0.6) is 0 Å². The van der Waals surface area contributed by atoms with Gasteiger partial charge in [0.15, 0.2) is 5.69 Å². The average molecular weight is 470 g/mol. The Bertz CT molecular complexity index is 1390. The van der Waals surface area contributed by atoms with Gasteiger partial charge >= 0.3 is 0 Å². The summed E-state index contributed by atoms with van der Waals surface area (Å²) >= 11 is 0. The van der Waals surface area contributed by atoms with E-state index < -0.39 is 0 Å². The lowest BCUT2D eigenvalue weighted by Gasteiger charge is -2.29. The molecule has 4 N–H and O–H groups in total.